The average Bonchev–Trinajstić information content (AvgIpc) is 2.24. The molecule has 3 rings (SSSR count). The van der Waals surface area contributed by atoms with Gasteiger partial charge in [-0.25, -0.2) is 0 Å². The summed E-state index contributed by atoms with van der Waals surface area (Å²) in [6, 6.07) is 12.7. The van der Waals surface area contributed by atoms with Crippen molar-refractivity contribution >= 4 is 16.8 Å². The van der Waals surface area contributed by atoms with E-state index in [4.69, 9.17) is 5.73 Å². The molecule has 68 valence electrons. The molecule has 0 amide bonds. The van der Waals surface area contributed by atoms with Crippen molar-refractivity contribution in [3.05, 3.63) is 53.6 Å². The lowest BCUT2D eigenvalue weighted by atomic mass is 9.91. The van der Waals surface area contributed by atoms with Gasteiger partial charge in [0, 0.05) is 6.04 Å². The van der Waals surface area contributed by atoms with Crippen LogP contribution < -0.4 is 5.73 Å². The van der Waals surface area contributed by atoms with Crippen LogP contribution in [-0.4, -0.2) is 0 Å². The molecule has 0 heterocycles. The predicted octanol–water partition coefficient (Wildman–Crippen LogP) is 2.87. The molecule has 0 bridgehead atoms. The van der Waals surface area contributed by atoms with E-state index in [1.807, 2.05) is 0 Å². The Labute approximate surface area is 82.9 Å². The van der Waals surface area contributed by atoms with Crippen molar-refractivity contribution < 1.29 is 0 Å². The summed E-state index contributed by atoms with van der Waals surface area (Å²) in [6.45, 7) is 0. The van der Waals surface area contributed by atoms with Gasteiger partial charge in [0.05, 0.1) is 0 Å². The summed E-state index contributed by atoms with van der Waals surface area (Å²) in [4.78, 5) is 0. The molecule has 0 saturated heterocycles. The normalized spacial score (nSPS) is 18.8. The largest absolute Gasteiger partial charge is 0.321 e. The van der Waals surface area contributed by atoms with Gasteiger partial charge in [-0.05, 0) is 21.9 Å². The van der Waals surface area contributed by atoms with Crippen molar-refractivity contribution in [1.29, 1.82) is 0 Å². The lowest BCUT2D eigenvalue weighted by Gasteiger charge is -2.17. The summed E-state index contributed by atoms with van der Waals surface area (Å²) in [5.74, 6) is 0. The lowest BCUT2D eigenvalue weighted by Crippen LogP contribution is -2.10. The van der Waals surface area contributed by atoms with Crippen LogP contribution in [0.25, 0.3) is 16.8 Å². The third-order valence-electron chi connectivity index (χ3n) is 2.81. The molecule has 1 atom stereocenters. The zero-order valence-corrected chi connectivity index (χ0v) is 7.77. The van der Waals surface area contributed by atoms with E-state index in [-0.39, 0.29) is 6.04 Å². The van der Waals surface area contributed by atoms with Crippen molar-refractivity contribution in [2.45, 2.75) is 6.04 Å². The maximum absolute atomic E-state index is 6.02. The number of benzene rings is 2. The van der Waals surface area contributed by atoms with E-state index in [9.17, 15) is 0 Å². The third kappa shape index (κ3) is 0.932. The molecule has 1 heteroatoms. The highest BCUT2D eigenvalue weighted by molar-refractivity contribution is 5.95. The maximum Gasteiger partial charge on any atom is 0.0490 e. The first-order valence-corrected chi connectivity index (χ1v) is 4.82. The highest BCUT2D eigenvalue weighted by Crippen LogP contribution is 2.31. The Kier molecular flexibility index (Phi) is 1.49. The molecule has 1 nitrogen and oxygen atoms in total. The minimum atomic E-state index is 0.0496. The summed E-state index contributed by atoms with van der Waals surface area (Å²) in [5.41, 5.74) is 8.53. The van der Waals surface area contributed by atoms with E-state index in [0.29, 0.717) is 0 Å². The second-order valence-electron chi connectivity index (χ2n) is 3.68. The standard InChI is InChI=1S/C13H11N/c14-12-8-7-10-4-1-3-9-5-2-6-11(12)13(9)10/h1-8,12H,14H2/t12-/m0/s1. The molecule has 0 unspecified atom stereocenters. The summed E-state index contributed by atoms with van der Waals surface area (Å²) in [5, 5.41) is 2.59. The quantitative estimate of drug-likeness (QED) is 0.664. The van der Waals surface area contributed by atoms with Crippen LogP contribution in [0.3, 0.4) is 0 Å². The number of nitrogens with two attached hydrogens (primary N) is 1. The minimum Gasteiger partial charge on any atom is -0.321 e. The molecule has 0 aromatic heterocycles. The number of hydrogen-bond acceptors (Lipinski definition) is 1. The van der Waals surface area contributed by atoms with Gasteiger partial charge in [0.15, 0.2) is 0 Å². The van der Waals surface area contributed by atoms with E-state index in [1.165, 1.54) is 21.9 Å². The zero-order valence-electron chi connectivity index (χ0n) is 7.77. The van der Waals surface area contributed by atoms with E-state index >= 15 is 0 Å². The van der Waals surface area contributed by atoms with Gasteiger partial charge >= 0.3 is 0 Å². The van der Waals surface area contributed by atoms with Gasteiger partial charge in [-0.2, -0.15) is 0 Å². The SMILES string of the molecule is N[C@H]1C=Cc2cccc3cccc1c23. The Balaban J connectivity index is 2.52. The number of rotatable bonds is 0. The molecule has 0 radical (unpaired) electrons. The van der Waals surface area contributed by atoms with E-state index in [1.54, 1.807) is 0 Å². The van der Waals surface area contributed by atoms with Gasteiger partial charge in [0.2, 0.25) is 0 Å². The maximum atomic E-state index is 6.02. The third-order valence-corrected chi connectivity index (χ3v) is 2.81. The average molecular weight is 181 g/mol. The van der Waals surface area contributed by atoms with Crippen molar-refractivity contribution in [3.8, 4) is 0 Å². The van der Waals surface area contributed by atoms with Gasteiger partial charge < -0.3 is 5.73 Å². The minimum absolute atomic E-state index is 0.0496. The molecule has 0 aliphatic heterocycles. The Morgan fingerprint density at radius 1 is 1.00 bits per heavy atom. The van der Waals surface area contributed by atoms with Gasteiger partial charge in [-0.15, -0.1) is 0 Å². The molecule has 0 fully saturated rings. The van der Waals surface area contributed by atoms with Gasteiger partial charge in [0.1, 0.15) is 0 Å². The van der Waals surface area contributed by atoms with Crippen LogP contribution in [0.4, 0.5) is 0 Å². The van der Waals surface area contributed by atoms with Crippen LogP contribution in [0.1, 0.15) is 17.2 Å². The Morgan fingerprint density at radius 2 is 1.79 bits per heavy atom. The van der Waals surface area contributed by atoms with Crippen molar-refractivity contribution in [2.75, 3.05) is 0 Å². The molecule has 2 N–H and O–H groups in total. The van der Waals surface area contributed by atoms with Crippen LogP contribution in [0, 0.1) is 0 Å². The molecule has 2 aromatic rings. The monoisotopic (exact) mass is 181 g/mol. The van der Waals surface area contributed by atoms with Crippen molar-refractivity contribution in [3.63, 3.8) is 0 Å². The molecule has 1 aliphatic carbocycles. The zero-order chi connectivity index (χ0) is 9.54. The van der Waals surface area contributed by atoms with Gasteiger partial charge in [-0.1, -0.05) is 48.6 Å². The second-order valence-corrected chi connectivity index (χ2v) is 3.68. The highest BCUT2D eigenvalue weighted by atomic mass is 14.6. The molecule has 0 saturated carbocycles. The van der Waals surface area contributed by atoms with E-state index in [0.717, 1.165) is 0 Å². The first-order chi connectivity index (χ1) is 6.86. The fourth-order valence-corrected chi connectivity index (χ4v) is 2.13. The molecule has 0 spiro atoms. The molecule has 1 aliphatic rings. The van der Waals surface area contributed by atoms with E-state index in [2.05, 4.69) is 48.6 Å². The molecule has 2 aromatic carbocycles. The molecule has 14 heavy (non-hydrogen) atoms. The van der Waals surface area contributed by atoms with Gasteiger partial charge in [0.25, 0.3) is 0 Å². The van der Waals surface area contributed by atoms with Crippen LogP contribution in [0.15, 0.2) is 42.5 Å². The predicted molar refractivity (Wildman–Crippen MR) is 59.9 cm³/mol. The fraction of sp³-hybridized carbons (Fsp3) is 0.0769. The first kappa shape index (κ1) is 7.77. The Morgan fingerprint density at radius 3 is 2.64 bits per heavy atom. The fourth-order valence-electron chi connectivity index (χ4n) is 2.13. The smallest absolute Gasteiger partial charge is 0.0490 e. The van der Waals surface area contributed by atoms with Crippen LogP contribution in [0.5, 0.6) is 0 Å². The Bertz CT molecular complexity index is 520. The second kappa shape index (κ2) is 2.69. The van der Waals surface area contributed by atoms with Gasteiger partial charge in [-0.3, -0.25) is 0 Å². The lowest BCUT2D eigenvalue weighted by molar-refractivity contribution is 0.922. The summed E-state index contributed by atoms with van der Waals surface area (Å²) >= 11 is 0. The first-order valence-electron chi connectivity index (χ1n) is 4.82. The topological polar surface area (TPSA) is 26.0 Å². The van der Waals surface area contributed by atoms with Crippen LogP contribution >= 0.6 is 0 Å². The summed E-state index contributed by atoms with van der Waals surface area (Å²) in [6.07, 6.45) is 4.16. The summed E-state index contributed by atoms with van der Waals surface area (Å²) < 4.78 is 0. The van der Waals surface area contributed by atoms with Crippen molar-refractivity contribution in [2.24, 2.45) is 5.73 Å². The van der Waals surface area contributed by atoms with E-state index < -0.39 is 0 Å². The summed E-state index contributed by atoms with van der Waals surface area (Å²) in [7, 11) is 0. The van der Waals surface area contributed by atoms with Crippen LogP contribution in [0.2, 0.25) is 0 Å². The Hall–Kier alpha value is -1.60. The molecular formula is C13H11N. The number of hydrogen-bond donors (Lipinski definition) is 1. The van der Waals surface area contributed by atoms with Crippen LogP contribution in [-0.2, 0) is 0 Å². The van der Waals surface area contributed by atoms with Crippen molar-refractivity contribution in [1.82, 2.24) is 0 Å². The molecular weight excluding hydrogens is 170 g/mol. The highest BCUT2D eigenvalue weighted by Gasteiger charge is 2.12.